The third-order valence-corrected chi connectivity index (χ3v) is 5.44. The van der Waals surface area contributed by atoms with E-state index in [1.807, 2.05) is 32.1 Å². The Morgan fingerprint density at radius 1 is 1.26 bits per heavy atom. The van der Waals surface area contributed by atoms with E-state index in [4.69, 9.17) is 14.2 Å². The van der Waals surface area contributed by atoms with E-state index in [9.17, 15) is 9.59 Å². The predicted molar refractivity (Wildman–Crippen MR) is 116 cm³/mol. The zero-order chi connectivity index (χ0) is 22.4. The van der Waals surface area contributed by atoms with Crippen molar-refractivity contribution in [3.05, 3.63) is 64.0 Å². The Morgan fingerprint density at radius 3 is 2.71 bits per heavy atom. The van der Waals surface area contributed by atoms with Crippen LogP contribution in [0.5, 0.6) is 11.5 Å². The molecule has 0 fully saturated rings. The Morgan fingerprint density at radius 2 is 2.03 bits per heavy atom. The lowest BCUT2D eigenvalue weighted by atomic mass is 9.94. The first-order chi connectivity index (χ1) is 15.0. The molecule has 164 valence electrons. The van der Waals surface area contributed by atoms with Crippen LogP contribution in [-0.4, -0.2) is 31.1 Å². The van der Waals surface area contributed by atoms with Gasteiger partial charge in [-0.2, -0.15) is 0 Å². The molecule has 1 aromatic heterocycles. The molecule has 7 heteroatoms. The van der Waals surface area contributed by atoms with Crippen molar-refractivity contribution in [1.29, 1.82) is 0 Å². The third kappa shape index (κ3) is 5.05. The summed E-state index contributed by atoms with van der Waals surface area (Å²) in [4.78, 5) is 28.4. The Balaban J connectivity index is 1.67. The van der Waals surface area contributed by atoms with Gasteiger partial charge in [0.2, 0.25) is 5.91 Å². The minimum Gasteiger partial charge on any atom is -0.496 e. The number of esters is 1. The molecule has 7 nitrogen and oxygen atoms in total. The quantitative estimate of drug-likeness (QED) is 0.488. The van der Waals surface area contributed by atoms with Crippen molar-refractivity contribution in [3.8, 4) is 11.5 Å². The van der Waals surface area contributed by atoms with Crippen LogP contribution in [0, 0.1) is 6.92 Å². The van der Waals surface area contributed by atoms with Gasteiger partial charge in [0, 0.05) is 36.5 Å². The SMILES string of the molecule is COc1c(C)c2c(c(OC)c1CC=C(C)CCC(=O)NCc1cccnc1)C(=O)OC2. The Hall–Kier alpha value is -3.35. The van der Waals surface area contributed by atoms with Crippen LogP contribution in [0.25, 0.3) is 0 Å². The van der Waals surface area contributed by atoms with Crippen LogP contribution in [0.3, 0.4) is 0 Å². The number of rotatable bonds is 9. The molecule has 3 rings (SSSR count). The second kappa shape index (κ2) is 10.1. The Kier molecular flexibility index (Phi) is 7.28. The zero-order valence-electron chi connectivity index (χ0n) is 18.4. The molecule has 0 spiro atoms. The standard InChI is InChI=1S/C24H28N2O5/c1-15(8-10-20(27)26-13-17-6-5-11-25-12-17)7-9-18-22(29-3)16(2)19-14-31-24(28)21(19)23(18)30-4/h5-7,11-12H,8-10,13-14H2,1-4H3,(H,26,27). The number of fused-ring (bicyclic) bond motifs is 1. The first kappa shape index (κ1) is 22.3. The second-order valence-electron chi connectivity index (χ2n) is 7.49. The lowest BCUT2D eigenvalue weighted by Crippen LogP contribution is -2.22. The van der Waals surface area contributed by atoms with E-state index in [0.29, 0.717) is 42.9 Å². The fourth-order valence-corrected chi connectivity index (χ4v) is 3.72. The molecule has 0 saturated carbocycles. The fourth-order valence-electron chi connectivity index (χ4n) is 3.72. The highest BCUT2D eigenvalue weighted by molar-refractivity contribution is 5.98. The van der Waals surface area contributed by atoms with Gasteiger partial charge < -0.3 is 19.5 Å². The van der Waals surface area contributed by atoms with Crippen LogP contribution in [0.2, 0.25) is 0 Å². The summed E-state index contributed by atoms with van der Waals surface area (Å²) < 4.78 is 16.4. The number of hydrogen-bond donors (Lipinski definition) is 1. The fraction of sp³-hybridized carbons (Fsp3) is 0.375. The second-order valence-corrected chi connectivity index (χ2v) is 7.49. The molecule has 31 heavy (non-hydrogen) atoms. The normalized spacial score (nSPS) is 12.9. The van der Waals surface area contributed by atoms with Gasteiger partial charge in [-0.15, -0.1) is 0 Å². The van der Waals surface area contributed by atoms with Crippen molar-refractivity contribution in [2.75, 3.05) is 14.2 Å². The molecule has 0 aliphatic carbocycles. The molecule has 2 heterocycles. The van der Waals surface area contributed by atoms with Crippen molar-refractivity contribution in [2.45, 2.75) is 46.3 Å². The van der Waals surface area contributed by atoms with Gasteiger partial charge in [-0.05, 0) is 43.9 Å². The third-order valence-electron chi connectivity index (χ3n) is 5.44. The van der Waals surface area contributed by atoms with Crippen LogP contribution >= 0.6 is 0 Å². The summed E-state index contributed by atoms with van der Waals surface area (Å²) in [5.74, 6) is 0.818. The topological polar surface area (TPSA) is 86.8 Å². The maximum atomic E-state index is 12.2. The number of nitrogens with one attached hydrogen (secondary N) is 1. The summed E-state index contributed by atoms with van der Waals surface area (Å²) in [6.07, 6.45) is 7.04. The molecule has 2 aromatic rings. The molecule has 1 aliphatic heterocycles. The molecular weight excluding hydrogens is 396 g/mol. The van der Waals surface area contributed by atoms with E-state index in [1.54, 1.807) is 26.6 Å². The van der Waals surface area contributed by atoms with Crippen LogP contribution in [-0.2, 0) is 29.1 Å². The number of carbonyl (C=O) groups is 2. The number of cyclic esters (lactones) is 1. The Bertz CT molecular complexity index is 999. The average molecular weight is 424 g/mol. The van der Waals surface area contributed by atoms with Gasteiger partial charge in [0.05, 0.1) is 14.2 Å². The number of allylic oxidation sites excluding steroid dienone is 2. The van der Waals surface area contributed by atoms with Crippen molar-refractivity contribution < 1.29 is 23.8 Å². The van der Waals surface area contributed by atoms with Gasteiger partial charge in [-0.3, -0.25) is 9.78 Å². The molecule has 1 amide bonds. The van der Waals surface area contributed by atoms with Crippen LogP contribution in [0.1, 0.15) is 52.4 Å². The van der Waals surface area contributed by atoms with E-state index < -0.39 is 0 Å². The summed E-state index contributed by atoms with van der Waals surface area (Å²) in [6.45, 7) is 4.61. The van der Waals surface area contributed by atoms with E-state index >= 15 is 0 Å². The molecule has 1 N–H and O–H groups in total. The Labute approximate surface area is 182 Å². The van der Waals surface area contributed by atoms with Crippen molar-refractivity contribution in [1.82, 2.24) is 10.3 Å². The molecule has 0 bridgehead atoms. The van der Waals surface area contributed by atoms with Crippen molar-refractivity contribution in [3.63, 3.8) is 0 Å². The van der Waals surface area contributed by atoms with Gasteiger partial charge in [0.15, 0.2) is 0 Å². The van der Waals surface area contributed by atoms with Gasteiger partial charge in [0.1, 0.15) is 23.7 Å². The number of benzene rings is 1. The highest BCUT2D eigenvalue weighted by Crippen LogP contribution is 2.42. The number of hydrogen-bond acceptors (Lipinski definition) is 6. The van der Waals surface area contributed by atoms with Gasteiger partial charge in [-0.25, -0.2) is 4.79 Å². The van der Waals surface area contributed by atoms with E-state index in [0.717, 1.165) is 27.8 Å². The van der Waals surface area contributed by atoms with E-state index in [1.165, 1.54) is 0 Å². The highest BCUT2D eigenvalue weighted by Gasteiger charge is 2.32. The minimum atomic E-state index is -0.371. The number of pyridine rings is 1. The highest BCUT2D eigenvalue weighted by atomic mass is 16.5. The van der Waals surface area contributed by atoms with Crippen LogP contribution in [0.4, 0.5) is 0 Å². The number of ether oxygens (including phenoxy) is 3. The summed E-state index contributed by atoms with van der Waals surface area (Å²) >= 11 is 0. The van der Waals surface area contributed by atoms with E-state index in [2.05, 4.69) is 10.3 Å². The van der Waals surface area contributed by atoms with E-state index in [-0.39, 0.29) is 18.5 Å². The number of carbonyl (C=O) groups excluding carboxylic acids is 2. The molecule has 0 atom stereocenters. The lowest BCUT2D eigenvalue weighted by Gasteiger charge is -2.18. The van der Waals surface area contributed by atoms with Gasteiger partial charge in [-0.1, -0.05) is 17.7 Å². The maximum Gasteiger partial charge on any atom is 0.342 e. The van der Waals surface area contributed by atoms with Crippen molar-refractivity contribution >= 4 is 11.9 Å². The molecular formula is C24H28N2O5. The minimum absolute atomic E-state index is 0.0112. The first-order valence-electron chi connectivity index (χ1n) is 10.2. The summed E-state index contributed by atoms with van der Waals surface area (Å²) in [6, 6.07) is 3.77. The summed E-state index contributed by atoms with van der Waals surface area (Å²) in [5.41, 5.74) is 5.03. The lowest BCUT2D eigenvalue weighted by molar-refractivity contribution is -0.121. The molecule has 0 radical (unpaired) electrons. The van der Waals surface area contributed by atoms with Crippen molar-refractivity contribution in [2.24, 2.45) is 0 Å². The molecule has 1 aromatic carbocycles. The monoisotopic (exact) mass is 424 g/mol. The smallest absolute Gasteiger partial charge is 0.342 e. The largest absolute Gasteiger partial charge is 0.496 e. The van der Waals surface area contributed by atoms with Crippen LogP contribution < -0.4 is 14.8 Å². The molecule has 0 saturated heterocycles. The number of amides is 1. The van der Waals surface area contributed by atoms with Gasteiger partial charge in [0.25, 0.3) is 0 Å². The first-order valence-corrected chi connectivity index (χ1v) is 10.2. The summed E-state index contributed by atoms with van der Waals surface area (Å²) in [5, 5.41) is 2.91. The molecule has 1 aliphatic rings. The predicted octanol–water partition coefficient (Wildman–Crippen LogP) is 3.66. The zero-order valence-corrected chi connectivity index (χ0v) is 18.4. The number of methoxy groups -OCH3 is 2. The molecule has 0 unspecified atom stereocenters. The number of aromatic nitrogens is 1. The van der Waals surface area contributed by atoms with Gasteiger partial charge >= 0.3 is 5.97 Å². The average Bonchev–Trinajstić information content (AvgIpc) is 3.17. The number of nitrogens with zero attached hydrogens (tertiary/aromatic N) is 1. The maximum absolute atomic E-state index is 12.2. The van der Waals surface area contributed by atoms with Crippen LogP contribution in [0.15, 0.2) is 36.2 Å². The summed E-state index contributed by atoms with van der Waals surface area (Å²) in [7, 11) is 3.15.